The predicted octanol–water partition coefficient (Wildman–Crippen LogP) is 7.23. The second-order valence-electron chi connectivity index (χ2n) is 13.0. The lowest BCUT2D eigenvalue weighted by atomic mass is 10.00. The number of halogens is 1. The van der Waals surface area contributed by atoms with E-state index < -0.39 is 7.26 Å². The van der Waals surface area contributed by atoms with Gasteiger partial charge in [-0.25, -0.2) is 4.98 Å². The van der Waals surface area contributed by atoms with Crippen LogP contribution in [0.1, 0.15) is 116 Å². The molecule has 0 fully saturated rings. The predicted molar refractivity (Wildman–Crippen MR) is 202 cm³/mol. The van der Waals surface area contributed by atoms with Crippen molar-refractivity contribution in [3.63, 3.8) is 0 Å². The number of carbonyl (C=O) groups excluding carboxylic acids is 1. The van der Waals surface area contributed by atoms with Crippen LogP contribution in [-0.2, 0) is 9.53 Å². The Morgan fingerprint density at radius 3 is 1.62 bits per heavy atom. The molecule has 1 aromatic heterocycles. The Hall–Kier alpha value is -2.75. The van der Waals surface area contributed by atoms with Crippen molar-refractivity contribution in [3.8, 4) is 0 Å². The second kappa shape index (κ2) is 23.6. The molecule has 1 atom stereocenters. The average Bonchev–Trinajstić information content (AvgIpc) is 3.66. The van der Waals surface area contributed by atoms with Crippen LogP contribution in [-0.4, -0.2) is 28.3 Å². The molecule has 4 rings (SSSR count). The maximum Gasteiger partial charge on any atom is 0.305 e. The zero-order chi connectivity index (χ0) is 32.8. The van der Waals surface area contributed by atoms with Crippen molar-refractivity contribution in [3.05, 3.63) is 110 Å². The molecule has 0 saturated heterocycles. The van der Waals surface area contributed by atoms with Gasteiger partial charge in [-0.1, -0.05) is 132 Å². The SMILES string of the molecule is CCCCCCC(CCCCCCCCCCC(=O)OCCC[P+](c1ccccc1)(c1ccccc1)c1ccccc1)n1ccnc1.[Br-]. The van der Waals surface area contributed by atoms with Gasteiger partial charge in [0.2, 0.25) is 0 Å². The summed E-state index contributed by atoms with van der Waals surface area (Å²) in [5, 5.41) is 4.13. The third-order valence-corrected chi connectivity index (χ3v) is 14.0. The molecule has 3 aromatic carbocycles. The highest BCUT2D eigenvalue weighted by Gasteiger charge is 2.44. The standard InChI is InChI=1S/C42H58N2O2P.BrH/c1-2-3-4-14-24-38(44-34-33-43-37-44)25-15-9-7-5-6-8-10-22-32-42(45)46-35-23-36-47(39-26-16-11-17-27-39,40-28-18-12-19-29-40)41-30-20-13-21-31-41;/h11-13,16-21,26-31,33-34,37-38H,2-10,14-15,22-25,32,35-36H2,1H3;1H/q+1;/p-1. The Morgan fingerprint density at radius 2 is 1.15 bits per heavy atom. The summed E-state index contributed by atoms with van der Waals surface area (Å²) in [5.41, 5.74) is 0. The first kappa shape index (κ1) is 39.7. The van der Waals surface area contributed by atoms with Gasteiger partial charge >= 0.3 is 5.97 Å². The van der Waals surface area contributed by atoms with Gasteiger partial charge in [0, 0.05) is 31.3 Å². The third-order valence-electron chi connectivity index (χ3n) is 9.50. The molecule has 0 aliphatic carbocycles. The Morgan fingerprint density at radius 1 is 0.667 bits per heavy atom. The van der Waals surface area contributed by atoms with E-state index in [-0.39, 0.29) is 23.0 Å². The summed E-state index contributed by atoms with van der Waals surface area (Å²) in [6.45, 7) is 2.76. The molecule has 0 N–H and O–H groups in total. The van der Waals surface area contributed by atoms with E-state index in [1.165, 1.54) is 93.0 Å². The molecule has 48 heavy (non-hydrogen) atoms. The zero-order valence-electron chi connectivity index (χ0n) is 29.2. The molecule has 0 saturated carbocycles. The van der Waals surface area contributed by atoms with E-state index in [1.54, 1.807) is 0 Å². The first-order valence-electron chi connectivity index (χ1n) is 18.4. The number of hydrogen-bond donors (Lipinski definition) is 0. The van der Waals surface area contributed by atoms with Crippen molar-refractivity contribution in [2.45, 2.75) is 116 Å². The fourth-order valence-corrected chi connectivity index (χ4v) is 11.2. The number of imidazole rings is 1. The summed E-state index contributed by atoms with van der Waals surface area (Å²) in [4.78, 5) is 16.9. The minimum absolute atomic E-state index is 0. The van der Waals surface area contributed by atoms with Gasteiger partial charge in [0.1, 0.15) is 23.2 Å². The van der Waals surface area contributed by atoms with E-state index >= 15 is 0 Å². The number of esters is 1. The van der Waals surface area contributed by atoms with Gasteiger partial charge in [0.15, 0.2) is 0 Å². The Bertz CT molecular complexity index is 1260. The first-order valence-corrected chi connectivity index (χ1v) is 20.4. The number of hydrogen-bond acceptors (Lipinski definition) is 3. The van der Waals surface area contributed by atoms with Crippen molar-refractivity contribution in [2.24, 2.45) is 0 Å². The van der Waals surface area contributed by atoms with Crippen LogP contribution in [0.2, 0.25) is 0 Å². The van der Waals surface area contributed by atoms with E-state index in [1.807, 2.05) is 12.5 Å². The number of benzene rings is 3. The lowest BCUT2D eigenvalue weighted by Gasteiger charge is -2.27. The number of nitrogens with zero attached hydrogens (tertiary/aromatic N) is 2. The largest absolute Gasteiger partial charge is 1.00 e. The number of unbranched alkanes of at least 4 members (excludes halogenated alkanes) is 10. The van der Waals surface area contributed by atoms with Crippen LogP contribution in [0, 0.1) is 0 Å². The summed E-state index contributed by atoms with van der Waals surface area (Å²) in [6.07, 6.45) is 26.0. The molecule has 0 aliphatic heterocycles. The number of rotatable bonds is 24. The average molecular weight is 734 g/mol. The molecule has 260 valence electrons. The zero-order valence-corrected chi connectivity index (χ0v) is 31.7. The van der Waals surface area contributed by atoms with Crippen LogP contribution in [0.3, 0.4) is 0 Å². The van der Waals surface area contributed by atoms with Crippen molar-refractivity contribution in [1.82, 2.24) is 9.55 Å². The first-order chi connectivity index (χ1) is 23.2. The molecule has 0 spiro atoms. The van der Waals surface area contributed by atoms with Gasteiger partial charge in [-0.15, -0.1) is 0 Å². The Labute approximate surface area is 302 Å². The van der Waals surface area contributed by atoms with Gasteiger partial charge in [-0.2, -0.15) is 0 Å². The van der Waals surface area contributed by atoms with Crippen molar-refractivity contribution < 1.29 is 26.5 Å². The van der Waals surface area contributed by atoms with Crippen molar-refractivity contribution >= 4 is 29.1 Å². The number of ether oxygens (including phenoxy) is 1. The van der Waals surface area contributed by atoms with E-state index in [4.69, 9.17) is 4.74 Å². The lowest BCUT2D eigenvalue weighted by molar-refractivity contribution is -0.143. The maximum absolute atomic E-state index is 12.6. The smallest absolute Gasteiger partial charge is 0.305 e. The van der Waals surface area contributed by atoms with E-state index in [0.717, 1.165) is 25.4 Å². The van der Waals surface area contributed by atoms with Gasteiger partial charge in [-0.3, -0.25) is 4.79 Å². The van der Waals surface area contributed by atoms with Gasteiger partial charge in [0.05, 0.1) is 19.1 Å². The Balaban J connectivity index is 0.00000625. The molecule has 4 aromatic rings. The molecule has 0 aliphatic rings. The normalized spacial score (nSPS) is 11.9. The highest BCUT2D eigenvalue weighted by atomic mass is 79.9. The van der Waals surface area contributed by atoms with E-state index in [2.05, 4.69) is 114 Å². The molecule has 0 bridgehead atoms. The molecular formula is C42H58BrN2O2P. The summed E-state index contributed by atoms with van der Waals surface area (Å²) in [5.74, 6) is -0.0461. The molecule has 0 amide bonds. The highest BCUT2D eigenvalue weighted by Crippen LogP contribution is 2.55. The van der Waals surface area contributed by atoms with Gasteiger partial charge < -0.3 is 26.3 Å². The van der Waals surface area contributed by atoms with E-state index in [0.29, 0.717) is 19.1 Å². The molecule has 6 heteroatoms. The van der Waals surface area contributed by atoms with Gasteiger partial charge in [-0.05, 0) is 55.7 Å². The minimum Gasteiger partial charge on any atom is -1.00 e. The molecule has 4 nitrogen and oxygen atoms in total. The van der Waals surface area contributed by atoms with Crippen molar-refractivity contribution in [1.29, 1.82) is 0 Å². The molecule has 1 heterocycles. The topological polar surface area (TPSA) is 44.1 Å². The van der Waals surface area contributed by atoms with Gasteiger partial charge in [0.25, 0.3) is 0 Å². The number of aromatic nitrogens is 2. The quantitative estimate of drug-likeness (QED) is 0.0434. The fraction of sp³-hybridized carbons (Fsp3) is 0.476. The van der Waals surface area contributed by atoms with Crippen molar-refractivity contribution in [2.75, 3.05) is 12.8 Å². The Kier molecular flexibility index (Phi) is 19.5. The van der Waals surface area contributed by atoms with Crippen LogP contribution in [0.25, 0.3) is 0 Å². The fourth-order valence-electron chi connectivity index (χ4n) is 6.89. The lowest BCUT2D eigenvalue weighted by Crippen LogP contribution is -3.00. The van der Waals surface area contributed by atoms with Crippen LogP contribution < -0.4 is 32.9 Å². The molecule has 0 radical (unpaired) electrons. The van der Waals surface area contributed by atoms with Crippen LogP contribution in [0.4, 0.5) is 0 Å². The summed E-state index contributed by atoms with van der Waals surface area (Å²) >= 11 is 0. The summed E-state index contributed by atoms with van der Waals surface area (Å²) in [6, 6.07) is 33.4. The maximum atomic E-state index is 12.6. The van der Waals surface area contributed by atoms with Crippen LogP contribution >= 0.6 is 7.26 Å². The third kappa shape index (κ3) is 12.9. The highest BCUT2D eigenvalue weighted by molar-refractivity contribution is 7.95. The second-order valence-corrected chi connectivity index (χ2v) is 16.6. The van der Waals surface area contributed by atoms with Crippen LogP contribution in [0.15, 0.2) is 110 Å². The van der Waals surface area contributed by atoms with E-state index in [9.17, 15) is 4.79 Å². The summed E-state index contributed by atoms with van der Waals surface area (Å²) in [7, 11) is -1.88. The molecule has 1 unspecified atom stereocenters. The van der Waals surface area contributed by atoms with Crippen LogP contribution in [0.5, 0.6) is 0 Å². The minimum atomic E-state index is -1.88. The molecular weight excluding hydrogens is 675 g/mol. The summed E-state index contributed by atoms with van der Waals surface area (Å²) < 4.78 is 8.10. The number of carbonyl (C=O) groups is 1. The monoisotopic (exact) mass is 732 g/mol.